The summed E-state index contributed by atoms with van der Waals surface area (Å²) in [6.45, 7) is 7.64. The highest BCUT2D eigenvalue weighted by Gasteiger charge is 2.29. The summed E-state index contributed by atoms with van der Waals surface area (Å²) >= 11 is 0. The largest absolute Gasteiger partial charge is 0.463 e. The highest BCUT2D eigenvalue weighted by atomic mass is 16.7. The van der Waals surface area contributed by atoms with E-state index in [0.717, 1.165) is 87.1 Å². The van der Waals surface area contributed by atoms with E-state index in [9.17, 15) is 14.7 Å². The van der Waals surface area contributed by atoms with Gasteiger partial charge in [0, 0.05) is 39.2 Å². The van der Waals surface area contributed by atoms with Gasteiger partial charge in [0.2, 0.25) is 11.7 Å². The molecule has 0 aliphatic carbocycles. The van der Waals surface area contributed by atoms with Crippen molar-refractivity contribution in [1.82, 2.24) is 15.5 Å². The van der Waals surface area contributed by atoms with Crippen LogP contribution in [0.5, 0.6) is 5.75 Å². The van der Waals surface area contributed by atoms with Crippen molar-refractivity contribution in [3.05, 3.63) is 64.7 Å². The van der Waals surface area contributed by atoms with Crippen LogP contribution in [0.4, 0.5) is 4.79 Å². The summed E-state index contributed by atoms with van der Waals surface area (Å²) < 4.78 is 17.3. The van der Waals surface area contributed by atoms with Gasteiger partial charge in [-0.3, -0.25) is 9.69 Å². The average molecular weight is 568 g/mol. The lowest BCUT2D eigenvalue weighted by Crippen LogP contribution is -2.35. The normalized spacial score (nSPS) is 16.8. The molecule has 1 atom stereocenters. The highest BCUT2D eigenvalue weighted by molar-refractivity contribution is 6.01. The van der Waals surface area contributed by atoms with Crippen molar-refractivity contribution in [2.45, 2.75) is 83.8 Å². The van der Waals surface area contributed by atoms with Crippen molar-refractivity contribution < 1.29 is 28.9 Å². The number of rotatable bonds is 17. The summed E-state index contributed by atoms with van der Waals surface area (Å²) in [6.07, 6.45) is 6.84. The predicted molar refractivity (Wildman–Crippen MR) is 156 cm³/mol. The summed E-state index contributed by atoms with van der Waals surface area (Å²) in [6, 6.07) is 13.6. The van der Waals surface area contributed by atoms with Gasteiger partial charge in [-0.25, -0.2) is 4.79 Å². The Bertz CT molecular complexity index is 1140. The Labute approximate surface area is 243 Å². The summed E-state index contributed by atoms with van der Waals surface area (Å²) in [4.78, 5) is 24.8. The van der Waals surface area contributed by atoms with Gasteiger partial charge in [-0.05, 0) is 67.5 Å². The zero-order valence-corrected chi connectivity index (χ0v) is 24.5. The van der Waals surface area contributed by atoms with E-state index in [0.29, 0.717) is 19.7 Å². The maximum atomic E-state index is 11.8. The number of unbranched alkanes of at least 4 members (excludes halogenated alkanes) is 4. The van der Waals surface area contributed by atoms with Crippen LogP contribution in [-0.4, -0.2) is 60.6 Å². The SMILES string of the molecule is CC1(C)OCc2cc([C@@H](O)CNCCCCCCOCCCCc3cccc(CN4C(=O)CNC4=O)c3)ccc2O1. The Hall–Kier alpha value is -2.98. The number of ether oxygens (including phenoxy) is 3. The number of amides is 3. The monoisotopic (exact) mass is 567 g/mol. The van der Waals surface area contributed by atoms with Crippen LogP contribution in [-0.2, 0) is 33.8 Å². The Balaban J connectivity index is 0.973. The number of aryl methyl sites for hydroxylation is 1. The molecule has 9 heteroatoms. The van der Waals surface area contributed by atoms with E-state index < -0.39 is 11.9 Å². The van der Waals surface area contributed by atoms with Gasteiger partial charge in [0.05, 0.1) is 25.8 Å². The smallest absolute Gasteiger partial charge is 0.324 e. The third kappa shape index (κ3) is 9.81. The highest BCUT2D eigenvalue weighted by Crippen LogP contribution is 2.32. The van der Waals surface area contributed by atoms with E-state index in [4.69, 9.17) is 14.2 Å². The van der Waals surface area contributed by atoms with E-state index in [1.54, 1.807) is 0 Å². The molecule has 2 aromatic rings. The quantitative estimate of drug-likeness (QED) is 0.189. The van der Waals surface area contributed by atoms with Crippen LogP contribution in [0, 0.1) is 0 Å². The summed E-state index contributed by atoms with van der Waals surface area (Å²) in [5, 5.41) is 16.5. The lowest BCUT2D eigenvalue weighted by molar-refractivity contribution is -0.180. The zero-order valence-electron chi connectivity index (χ0n) is 24.5. The molecule has 0 aromatic heterocycles. The first-order valence-electron chi connectivity index (χ1n) is 14.9. The molecular weight excluding hydrogens is 522 g/mol. The number of benzene rings is 2. The number of carbonyl (C=O) groups is 2. The fraction of sp³-hybridized carbons (Fsp3) is 0.562. The molecule has 2 aliphatic heterocycles. The van der Waals surface area contributed by atoms with E-state index in [1.807, 2.05) is 44.2 Å². The molecule has 0 unspecified atom stereocenters. The first-order chi connectivity index (χ1) is 19.8. The molecule has 9 nitrogen and oxygen atoms in total. The minimum Gasteiger partial charge on any atom is -0.463 e. The van der Waals surface area contributed by atoms with Crippen LogP contribution in [0.25, 0.3) is 0 Å². The van der Waals surface area contributed by atoms with Crippen molar-refractivity contribution >= 4 is 11.9 Å². The minimum atomic E-state index is -0.614. The van der Waals surface area contributed by atoms with Crippen LogP contribution in [0.1, 0.15) is 80.7 Å². The van der Waals surface area contributed by atoms with Gasteiger partial charge in [-0.1, -0.05) is 43.2 Å². The first-order valence-corrected chi connectivity index (χ1v) is 14.9. The Morgan fingerprint density at radius 2 is 1.80 bits per heavy atom. The van der Waals surface area contributed by atoms with E-state index >= 15 is 0 Å². The van der Waals surface area contributed by atoms with Crippen molar-refractivity contribution in [1.29, 1.82) is 0 Å². The first kappa shape index (κ1) is 31.0. The predicted octanol–water partition coefficient (Wildman–Crippen LogP) is 4.61. The standard InChI is InChI=1S/C32H45N3O6/c1-32(2)40-23-27-19-26(13-14-29(27)41-32)28(36)20-33-15-6-3-4-7-16-39-17-8-5-10-24-11-9-12-25(18-24)22-35-30(37)21-34-31(35)38/h9,11-14,18-19,28,33,36H,3-8,10,15-17,20-23H2,1-2H3,(H,34,38)/t28-/m0/s1. The van der Waals surface area contributed by atoms with Gasteiger partial charge < -0.3 is 30.0 Å². The molecule has 1 fully saturated rings. The fourth-order valence-corrected chi connectivity index (χ4v) is 5.05. The van der Waals surface area contributed by atoms with Crippen LogP contribution in [0.15, 0.2) is 42.5 Å². The average Bonchev–Trinajstić information content (AvgIpc) is 3.27. The maximum Gasteiger partial charge on any atom is 0.324 e. The third-order valence-corrected chi connectivity index (χ3v) is 7.40. The molecular formula is C32H45N3O6. The second-order valence-electron chi connectivity index (χ2n) is 11.3. The molecule has 0 bridgehead atoms. The molecule has 224 valence electrons. The number of aliphatic hydroxyl groups is 1. The Morgan fingerprint density at radius 3 is 2.61 bits per heavy atom. The number of urea groups is 1. The van der Waals surface area contributed by atoms with Crippen molar-refractivity contribution in [2.24, 2.45) is 0 Å². The fourth-order valence-electron chi connectivity index (χ4n) is 5.05. The zero-order chi connectivity index (χ0) is 29.1. The number of imide groups is 1. The molecule has 3 N–H and O–H groups in total. The van der Waals surface area contributed by atoms with Gasteiger partial charge in [-0.15, -0.1) is 0 Å². The number of carbonyl (C=O) groups excluding carboxylic acids is 2. The molecule has 4 rings (SSSR count). The van der Waals surface area contributed by atoms with Gasteiger partial charge in [-0.2, -0.15) is 0 Å². The number of hydrogen-bond donors (Lipinski definition) is 3. The number of aliphatic hydroxyl groups excluding tert-OH is 1. The maximum absolute atomic E-state index is 11.8. The molecule has 0 radical (unpaired) electrons. The molecule has 3 amide bonds. The molecule has 0 spiro atoms. The van der Waals surface area contributed by atoms with Gasteiger partial charge in [0.1, 0.15) is 5.75 Å². The van der Waals surface area contributed by atoms with Crippen molar-refractivity contribution in [3.63, 3.8) is 0 Å². The van der Waals surface area contributed by atoms with Crippen LogP contribution < -0.4 is 15.4 Å². The van der Waals surface area contributed by atoms with Gasteiger partial charge in [0.15, 0.2) is 0 Å². The number of nitrogens with zero attached hydrogens (tertiary/aromatic N) is 1. The van der Waals surface area contributed by atoms with Gasteiger partial charge in [0.25, 0.3) is 0 Å². The lowest BCUT2D eigenvalue weighted by atomic mass is 10.0. The van der Waals surface area contributed by atoms with Crippen LogP contribution in [0.3, 0.4) is 0 Å². The van der Waals surface area contributed by atoms with Crippen molar-refractivity contribution in [2.75, 3.05) is 32.8 Å². The van der Waals surface area contributed by atoms with Crippen LogP contribution >= 0.6 is 0 Å². The van der Waals surface area contributed by atoms with Crippen molar-refractivity contribution in [3.8, 4) is 5.75 Å². The number of hydrogen-bond acceptors (Lipinski definition) is 7. The molecule has 41 heavy (non-hydrogen) atoms. The third-order valence-electron chi connectivity index (χ3n) is 7.40. The molecule has 1 saturated heterocycles. The second kappa shape index (κ2) is 15.3. The summed E-state index contributed by atoms with van der Waals surface area (Å²) in [5.41, 5.74) is 4.03. The van der Waals surface area contributed by atoms with Crippen LogP contribution in [0.2, 0.25) is 0 Å². The topological polar surface area (TPSA) is 109 Å². The second-order valence-corrected chi connectivity index (χ2v) is 11.3. The Morgan fingerprint density at radius 1 is 1.02 bits per heavy atom. The van der Waals surface area contributed by atoms with Gasteiger partial charge >= 0.3 is 6.03 Å². The minimum absolute atomic E-state index is 0.0874. The van der Waals surface area contributed by atoms with E-state index in [-0.39, 0.29) is 18.5 Å². The summed E-state index contributed by atoms with van der Waals surface area (Å²) in [5.74, 6) is 0.0296. The Kier molecular flexibility index (Phi) is 11.6. The number of nitrogens with one attached hydrogen (secondary N) is 2. The molecule has 2 heterocycles. The summed E-state index contributed by atoms with van der Waals surface area (Å²) in [7, 11) is 0. The molecule has 2 aliphatic rings. The van der Waals surface area contributed by atoms with E-state index in [2.05, 4.69) is 22.8 Å². The van der Waals surface area contributed by atoms with E-state index in [1.165, 1.54) is 10.5 Å². The lowest BCUT2D eigenvalue weighted by Gasteiger charge is -2.33. The molecule has 0 saturated carbocycles. The molecule has 2 aromatic carbocycles. The number of fused-ring (bicyclic) bond motifs is 1.